The molecule has 1 aromatic rings. The fraction of sp³-hybridized carbons (Fsp3) is 0.455. The van der Waals surface area contributed by atoms with Gasteiger partial charge in [0.05, 0.1) is 12.1 Å². The quantitative estimate of drug-likeness (QED) is 0.587. The molecule has 0 atom stereocenters. The van der Waals surface area contributed by atoms with E-state index < -0.39 is 24.7 Å². The van der Waals surface area contributed by atoms with Crippen molar-refractivity contribution in [2.75, 3.05) is 18.5 Å². The van der Waals surface area contributed by atoms with Gasteiger partial charge in [-0.25, -0.2) is 8.78 Å². The van der Waals surface area contributed by atoms with Crippen molar-refractivity contribution >= 4 is 21.6 Å². The van der Waals surface area contributed by atoms with E-state index in [-0.39, 0.29) is 11.0 Å². The summed E-state index contributed by atoms with van der Waals surface area (Å²) in [6.45, 7) is -0.739. The minimum absolute atomic E-state index is 0.243. The Labute approximate surface area is 110 Å². The maximum Gasteiger partial charge on any atom is 0.418 e. The molecule has 0 bridgehead atoms. The second-order valence-corrected chi connectivity index (χ2v) is 4.32. The Bertz CT molecular complexity index is 405. The predicted octanol–water partition coefficient (Wildman–Crippen LogP) is 4.30. The summed E-state index contributed by atoms with van der Waals surface area (Å²) in [6, 6.07) is 3.65. The Morgan fingerprint density at radius 1 is 1.28 bits per heavy atom. The van der Waals surface area contributed by atoms with Crippen LogP contribution < -0.4 is 4.90 Å². The summed E-state index contributed by atoms with van der Waals surface area (Å²) in [5.41, 5.74) is -0.702. The van der Waals surface area contributed by atoms with E-state index in [0.717, 1.165) is 11.0 Å². The lowest BCUT2D eigenvalue weighted by Crippen LogP contribution is -2.26. The van der Waals surface area contributed by atoms with Crippen LogP contribution in [0.4, 0.5) is 27.6 Å². The van der Waals surface area contributed by atoms with E-state index in [9.17, 15) is 22.0 Å². The van der Waals surface area contributed by atoms with Crippen LogP contribution in [0, 0.1) is 0 Å². The highest BCUT2D eigenvalue weighted by molar-refractivity contribution is 9.08. The third kappa shape index (κ3) is 3.83. The largest absolute Gasteiger partial charge is 0.418 e. The summed E-state index contributed by atoms with van der Waals surface area (Å²) in [4.78, 5) is 0.908. The number of hydrogen-bond acceptors (Lipinski definition) is 1. The number of nitrogens with zero attached hydrogens (tertiary/aromatic N) is 1. The molecule has 0 saturated heterocycles. The highest BCUT2D eigenvalue weighted by Crippen LogP contribution is 2.37. The first kappa shape index (κ1) is 15.2. The average molecular weight is 332 g/mol. The fourth-order valence-electron chi connectivity index (χ4n) is 1.53. The number of anilines is 1. The molecule has 0 aliphatic heterocycles. The standard InChI is InChI=1S/C11H11BrF5N/c1-18(6-10(13)14)9-3-2-7(5-12)4-8(9)11(15,16)17/h2-4,10H,5-6H2,1H3. The Morgan fingerprint density at radius 3 is 2.33 bits per heavy atom. The molecule has 0 radical (unpaired) electrons. The molecular weight excluding hydrogens is 321 g/mol. The van der Waals surface area contributed by atoms with Gasteiger partial charge in [0.25, 0.3) is 6.43 Å². The van der Waals surface area contributed by atoms with Crippen molar-refractivity contribution in [2.45, 2.75) is 17.9 Å². The zero-order valence-electron chi connectivity index (χ0n) is 9.44. The summed E-state index contributed by atoms with van der Waals surface area (Å²) in [5.74, 6) is 0. The average Bonchev–Trinajstić information content (AvgIpc) is 2.26. The molecule has 0 aliphatic rings. The van der Waals surface area contributed by atoms with Crippen LogP contribution in [-0.4, -0.2) is 20.0 Å². The van der Waals surface area contributed by atoms with Crippen molar-refractivity contribution in [2.24, 2.45) is 0 Å². The van der Waals surface area contributed by atoms with E-state index in [1.807, 2.05) is 0 Å². The molecule has 0 spiro atoms. The fourth-order valence-corrected chi connectivity index (χ4v) is 1.88. The first-order chi connectivity index (χ1) is 8.25. The van der Waals surface area contributed by atoms with Crippen molar-refractivity contribution in [3.63, 3.8) is 0 Å². The van der Waals surface area contributed by atoms with Gasteiger partial charge >= 0.3 is 6.18 Å². The van der Waals surface area contributed by atoms with Crippen molar-refractivity contribution in [1.82, 2.24) is 0 Å². The van der Waals surface area contributed by atoms with E-state index in [1.165, 1.54) is 19.2 Å². The second-order valence-electron chi connectivity index (χ2n) is 3.75. The molecule has 0 unspecified atom stereocenters. The molecule has 0 N–H and O–H groups in total. The zero-order chi connectivity index (χ0) is 13.9. The van der Waals surface area contributed by atoms with Gasteiger partial charge in [0.15, 0.2) is 0 Å². The Kier molecular flexibility index (Phi) is 4.95. The van der Waals surface area contributed by atoms with Crippen molar-refractivity contribution < 1.29 is 22.0 Å². The number of rotatable bonds is 4. The van der Waals surface area contributed by atoms with E-state index in [0.29, 0.717) is 5.56 Å². The first-order valence-corrected chi connectivity index (χ1v) is 6.13. The molecule has 1 aromatic carbocycles. The van der Waals surface area contributed by atoms with Gasteiger partial charge in [-0.15, -0.1) is 0 Å². The van der Waals surface area contributed by atoms with Crippen LogP contribution >= 0.6 is 15.9 Å². The normalized spacial score (nSPS) is 12.0. The van der Waals surface area contributed by atoms with Crippen LogP contribution in [-0.2, 0) is 11.5 Å². The summed E-state index contributed by atoms with van der Waals surface area (Å²) in [7, 11) is 1.21. The number of benzene rings is 1. The van der Waals surface area contributed by atoms with E-state index in [4.69, 9.17) is 0 Å². The lowest BCUT2D eigenvalue weighted by Gasteiger charge is -2.23. The number of alkyl halides is 6. The monoisotopic (exact) mass is 331 g/mol. The summed E-state index contributed by atoms with van der Waals surface area (Å²) < 4.78 is 62.9. The minimum Gasteiger partial charge on any atom is -0.368 e. The summed E-state index contributed by atoms with van der Waals surface area (Å²) in [5, 5.41) is 0.273. The van der Waals surface area contributed by atoms with Crippen molar-refractivity contribution in [3.05, 3.63) is 29.3 Å². The van der Waals surface area contributed by atoms with Crippen molar-refractivity contribution in [3.8, 4) is 0 Å². The van der Waals surface area contributed by atoms with Gasteiger partial charge in [-0.2, -0.15) is 13.2 Å². The third-order valence-electron chi connectivity index (χ3n) is 2.34. The minimum atomic E-state index is -4.57. The van der Waals surface area contributed by atoms with Gasteiger partial charge in [-0.3, -0.25) is 0 Å². The smallest absolute Gasteiger partial charge is 0.368 e. The van der Waals surface area contributed by atoms with Crippen LogP contribution in [0.5, 0.6) is 0 Å². The number of hydrogen-bond donors (Lipinski definition) is 0. The maximum atomic E-state index is 12.8. The molecule has 0 aromatic heterocycles. The summed E-state index contributed by atoms with van der Waals surface area (Å²) >= 11 is 3.06. The van der Waals surface area contributed by atoms with Crippen LogP contribution in [0.2, 0.25) is 0 Å². The molecular formula is C11H11BrF5N. The molecule has 0 amide bonds. The van der Waals surface area contributed by atoms with Gasteiger partial charge in [0, 0.05) is 18.1 Å². The SMILES string of the molecule is CN(CC(F)F)c1ccc(CBr)cc1C(F)(F)F. The molecule has 0 heterocycles. The zero-order valence-corrected chi connectivity index (χ0v) is 11.0. The van der Waals surface area contributed by atoms with Gasteiger partial charge in [0.1, 0.15) is 0 Å². The van der Waals surface area contributed by atoms with E-state index in [1.54, 1.807) is 0 Å². The Morgan fingerprint density at radius 2 is 1.89 bits per heavy atom. The molecule has 7 heteroatoms. The maximum absolute atomic E-state index is 12.8. The molecule has 0 fully saturated rings. The molecule has 102 valence electrons. The molecule has 0 aliphatic carbocycles. The predicted molar refractivity (Wildman–Crippen MR) is 63.3 cm³/mol. The van der Waals surface area contributed by atoms with Crippen LogP contribution in [0.3, 0.4) is 0 Å². The van der Waals surface area contributed by atoms with E-state index >= 15 is 0 Å². The molecule has 18 heavy (non-hydrogen) atoms. The summed E-state index contributed by atoms with van der Waals surface area (Å²) in [6.07, 6.45) is -7.25. The molecule has 1 rings (SSSR count). The first-order valence-electron chi connectivity index (χ1n) is 5.01. The molecule has 1 nitrogen and oxygen atoms in total. The van der Waals surface area contributed by atoms with Crippen LogP contribution in [0.25, 0.3) is 0 Å². The van der Waals surface area contributed by atoms with Crippen molar-refractivity contribution in [1.29, 1.82) is 0 Å². The third-order valence-corrected chi connectivity index (χ3v) is 2.99. The van der Waals surface area contributed by atoms with Gasteiger partial charge in [-0.05, 0) is 17.7 Å². The second kappa shape index (κ2) is 5.86. The van der Waals surface area contributed by atoms with Gasteiger partial charge in [-0.1, -0.05) is 22.0 Å². The molecule has 0 saturated carbocycles. The highest BCUT2D eigenvalue weighted by atomic mass is 79.9. The Balaban J connectivity index is 3.18. The van der Waals surface area contributed by atoms with Gasteiger partial charge in [0.2, 0.25) is 0 Å². The van der Waals surface area contributed by atoms with Crippen LogP contribution in [0.15, 0.2) is 18.2 Å². The van der Waals surface area contributed by atoms with Gasteiger partial charge < -0.3 is 4.90 Å². The van der Waals surface area contributed by atoms with E-state index in [2.05, 4.69) is 15.9 Å². The van der Waals surface area contributed by atoms with Crippen LogP contribution in [0.1, 0.15) is 11.1 Å². The highest BCUT2D eigenvalue weighted by Gasteiger charge is 2.34. The topological polar surface area (TPSA) is 3.24 Å². The Hall–Kier alpha value is -0.850. The number of halogens is 6. The lowest BCUT2D eigenvalue weighted by molar-refractivity contribution is -0.137. The lowest BCUT2D eigenvalue weighted by atomic mass is 10.1.